The summed E-state index contributed by atoms with van der Waals surface area (Å²) < 4.78 is 7.72. The Balaban J connectivity index is 1.08. The van der Waals surface area contributed by atoms with Crippen molar-refractivity contribution in [2.75, 3.05) is 20.2 Å². The second kappa shape index (κ2) is 8.97. The number of aromatic nitrogens is 1. The van der Waals surface area contributed by atoms with Crippen LogP contribution in [0.3, 0.4) is 0 Å². The molecule has 3 heterocycles. The first kappa shape index (κ1) is 23.5. The first-order valence-electron chi connectivity index (χ1n) is 14.3. The first-order chi connectivity index (χ1) is 18.0. The van der Waals surface area contributed by atoms with Crippen LogP contribution < -0.4 is 10.3 Å². The van der Waals surface area contributed by atoms with Crippen LogP contribution in [0.4, 0.5) is 0 Å². The van der Waals surface area contributed by atoms with Crippen molar-refractivity contribution >= 4 is 11.9 Å². The van der Waals surface area contributed by atoms with Crippen molar-refractivity contribution in [1.29, 1.82) is 0 Å². The van der Waals surface area contributed by atoms with Gasteiger partial charge in [0.15, 0.2) is 5.78 Å². The van der Waals surface area contributed by atoms with Gasteiger partial charge in [0, 0.05) is 54.8 Å². The Morgan fingerprint density at radius 1 is 0.973 bits per heavy atom. The van der Waals surface area contributed by atoms with Gasteiger partial charge in [-0.2, -0.15) is 0 Å². The molecule has 5 heteroatoms. The van der Waals surface area contributed by atoms with Crippen molar-refractivity contribution in [1.82, 2.24) is 9.47 Å². The molecule has 6 bridgehead atoms. The SMILES string of the molecule is COc1ccc(/C=C/C(=O)C23CC4CC(CC(C4)C2)C3)cc1CN1C[C@@H]2C[C@@H](C1)c1cccc(=O)n1C2. The molecule has 1 aromatic heterocycles. The third-order valence-electron chi connectivity index (χ3n) is 10.2. The lowest BCUT2D eigenvalue weighted by Gasteiger charge is -2.55. The van der Waals surface area contributed by atoms with Gasteiger partial charge in [-0.25, -0.2) is 0 Å². The van der Waals surface area contributed by atoms with E-state index < -0.39 is 0 Å². The fourth-order valence-corrected chi connectivity index (χ4v) is 9.15. The number of hydrogen-bond acceptors (Lipinski definition) is 4. The van der Waals surface area contributed by atoms with Gasteiger partial charge in [0.1, 0.15) is 5.75 Å². The number of ether oxygens (including phenoxy) is 1. The van der Waals surface area contributed by atoms with Crippen LogP contribution in [-0.2, 0) is 17.9 Å². The number of benzene rings is 1. The van der Waals surface area contributed by atoms with Gasteiger partial charge >= 0.3 is 0 Å². The molecule has 1 aromatic carbocycles. The summed E-state index contributed by atoms with van der Waals surface area (Å²) in [6.45, 7) is 3.57. The van der Waals surface area contributed by atoms with E-state index in [1.165, 1.54) is 25.0 Å². The minimum Gasteiger partial charge on any atom is -0.496 e. The highest BCUT2D eigenvalue weighted by Gasteiger charge is 2.53. The molecule has 0 amide bonds. The Kier molecular flexibility index (Phi) is 5.69. The average molecular weight is 499 g/mol. The Bertz CT molecular complexity index is 1270. The summed E-state index contributed by atoms with van der Waals surface area (Å²) in [5, 5.41) is 0. The number of pyridine rings is 1. The minimum atomic E-state index is -0.0790. The van der Waals surface area contributed by atoms with Gasteiger partial charge in [-0.15, -0.1) is 0 Å². The maximum Gasteiger partial charge on any atom is 0.250 e. The van der Waals surface area contributed by atoms with Gasteiger partial charge in [-0.3, -0.25) is 14.5 Å². The number of carbonyl (C=O) groups excluding carboxylic acids is 1. The Hall–Kier alpha value is -2.66. The topological polar surface area (TPSA) is 51.5 Å². The molecular weight excluding hydrogens is 460 g/mol. The first-order valence-corrected chi connectivity index (χ1v) is 14.3. The van der Waals surface area contributed by atoms with Crippen molar-refractivity contribution in [3.8, 4) is 5.75 Å². The number of methoxy groups -OCH3 is 1. The molecule has 5 nitrogen and oxygen atoms in total. The largest absolute Gasteiger partial charge is 0.496 e. The average Bonchev–Trinajstić information content (AvgIpc) is 2.87. The summed E-state index contributed by atoms with van der Waals surface area (Å²) in [7, 11) is 1.73. The normalized spacial score (nSPS) is 34.0. The predicted molar refractivity (Wildman–Crippen MR) is 144 cm³/mol. The van der Waals surface area contributed by atoms with E-state index in [0.29, 0.717) is 17.6 Å². The van der Waals surface area contributed by atoms with Gasteiger partial charge in [-0.1, -0.05) is 18.2 Å². The molecule has 0 radical (unpaired) electrons. The molecule has 0 unspecified atom stereocenters. The van der Waals surface area contributed by atoms with Crippen molar-refractivity contribution in [2.24, 2.45) is 29.1 Å². The van der Waals surface area contributed by atoms with Crippen LogP contribution in [0.15, 0.2) is 47.3 Å². The zero-order valence-electron chi connectivity index (χ0n) is 21.9. The van der Waals surface area contributed by atoms with Crippen molar-refractivity contribution in [3.05, 3.63) is 69.6 Å². The fourth-order valence-electron chi connectivity index (χ4n) is 9.15. The molecule has 1 saturated heterocycles. The van der Waals surface area contributed by atoms with Crippen molar-refractivity contribution in [3.63, 3.8) is 0 Å². The van der Waals surface area contributed by atoms with E-state index in [4.69, 9.17) is 4.74 Å². The molecule has 2 aliphatic heterocycles. The molecule has 8 rings (SSSR count). The minimum absolute atomic E-state index is 0.0790. The summed E-state index contributed by atoms with van der Waals surface area (Å²) in [6.07, 6.45) is 12.5. The van der Waals surface area contributed by atoms with E-state index in [-0.39, 0.29) is 11.0 Å². The summed E-state index contributed by atoms with van der Waals surface area (Å²) in [6, 6.07) is 12.0. The third-order valence-corrected chi connectivity index (χ3v) is 10.2. The number of rotatable bonds is 6. The number of hydrogen-bond donors (Lipinski definition) is 0. The lowest BCUT2D eigenvalue weighted by atomic mass is 9.48. The molecule has 0 spiro atoms. The van der Waals surface area contributed by atoms with E-state index in [0.717, 1.165) is 86.5 Å². The number of nitrogens with zero attached hydrogens (tertiary/aromatic N) is 2. The van der Waals surface area contributed by atoms with Gasteiger partial charge in [-0.05, 0) is 98.5 Å². The Morgan fingerprint density at radius 3 is 2.46 bits per heavy atom. The Labute approximate surface area is 219 Å². The maximum atomic E-state index is 13.5. The molecule has 37 heavy (non-hydrogen) atoms. The third kappa shape index (κ3) is 4.20. The zero-order chi connectivity index (χ0) is 25.1. The monoisotopic (exact) mass is 498 g/mol. The molecule has 6 aliphatic rings. The predicted octanol–water partition coefficient (Wildman–Crippen LogP) is 5.27. The molecule has 194 valence electrons. The van der Waals surface area contributed by atoms with Gasteiger partial charge in [0.05, 0.1) is 7.11 Å². The van der Waals surface area contributed by atoms with Gasteiger partial charge < -0.3 is 9.30 Å². The highest BCUT2D eigenvalue weighted by molar-refractivity contribution is 5.98. The quantitative estimate of drug-likeness (QED) is 0.509. The molecule has 2 atom stereocenters. The molecule has 0 N–H and O–H groups in total. The summed E-state index contributed by atoms with van der Waals surface area (Å²) in [4.78, 5) is 28.4. The highest BCUT2D eigenvalue weighted by Crippen LogP contribution is 2.60. The standard InChI is InChI=1S/C32H38N2O3/c1-37-29-7-5-21(6-8-30(35)32-14-22-9-23(15-32)11-24(10-22)16-32)12-27(29)20-33-17-25-13-26(19-33)28-3-2-4-31(36)34(28)18-25/h2-8,12,22-26H,9-11,13-20H2,1H3/b8-6+/t22?,23?,24?,25-,26-,32?/m0/s1. The van der Waals surface area contributed by atoms with E-state index in [2.05, 4.69) is 23.1 Å². The molecular formula is C32H38N2O3. The van der Waals surface area contributed by atoms with Crippen LogP contribution in [0.5, 0.6) is 5.75 Å². The van der Waals surface area contributed by atoms with Crippen LogP contribution >= 0.6 is 0 Å². The smallest absolute Gasteiger partial charge is 0.250 e. The highest BCUT2D eigenvalue weighted by atomic mass is 16.5. The molecule has 5 fully saturated rings. The Morgan fingerprint density at radius 2 is 1.73 bits per heavy atom. The van der Waals surface area contributed by atoms with Crippen LogP contribution in [0, 0.1) is 29.1 Å². The van der Waals surface area contributed by atoms with E-state index in [9.17, 15) is 9.59 Å². The lowest BCUT2D eigenvalue weighted by Crippen LogP contribution is -2.49. The lowest BCUT2D eigenvalue weighted by molar-refractivity contribution is -0.138. The zero-order valence-corrected chi connectivity index (χ0v) is 21.9. The van der Waals surface area contributed by atoms with E-state index >= 15 is 0 Å². The maximum absolute atomic E-state index is 13.5. The van der Waals surface area contributed by atoms with E-state index in [1.54, 1.807) is 13.2 Å². The summed E-state index contributed by atoms with van der Waals surface area (Å²) in [5.41, 5.74) is 3.47. The molecule has 2 aromatic rings. The van der Waals surface area contributed by atoms with Crippen LogP contribution in [0.25, 0.3) is 6.08 Å². The summed E-state index contributed by atoms with van der Waals surface area (Å²) in [5.74, 6) is 4.51. The van der Waals surface area contributed by atoms with Crippen molar-refractivity contribution in [2.45, 2.75) is 64.0 Å². The fraction of sp³-hybridized carbons (Fsp3) is 0.562. The number of piperidine rings is 1. The van der Waals surface area contributed by atoms with Crippen LogP contribution in [-0.4, -0.2) is 35.4 Å². The second-order valence-corrected chi connectivity index (χ2v) is 12.9. The molecule has 4 aliphatic carbocycles. The summed E-state index contributed by atoms with van der Waals surface area (Å²) >= 11 is 0. The number of fused-ring (bicyclic) bond motifs is 4. The van der Waals surface area contributed by atoms with Crippen molar-refractivity contribution < 1.29 is 9.53 Å². The van der Waals surface area contributed by atoms with Gasteiger partial charge in [0.25, 0.3) is 5.56 Å². The van der Waals surface area contributed by atoms with Crippen LogP contribution in [0.2, 0.25) is 0 Å². The number of likely N-dealkylation sites (tertiary alicyclic amines) is 1. The van der Waals surface area contributed by atoms with Gasteiger partial charge in [0.2, 0.25) is 0 Å². The number of ketones is 1. The second-order valence-electron chi connectivity index (χ2n) is 12.9. The number of carbonyl (C=O) groups is 1. The van der Waals surface area contributed by atoms with E-state index in [1.807, 2.05) is 28.9 Å². The molecule has 4 saturated carbocycles. The number of allylic oxidation sites excluding steroid dienone is 1. The van der Waals surface area contributed by atoms with Crippen LogP contribution in [0.1, 0.15) is 67.7 Å².